The fourth-order valence-corrected chi connectivity index (χ4v) is 2.55. The Bertz CT molecular complexity index is 1050. The predicted octanol–water partition coefficient (Wildman–Crippen LogP) is 3.00. The second kappa shape index (κ2) is 11.4. The van der Waals surface area contributed by atoms with Crippen LogP contribution in [0.25, 0.3) is 0 Å². The van der Waals surface area contributed by atoms with Crippen molar-refractivity contribution in [3.8, 4) is 0 Å². The number of rotatable bonds is 6. The summed E-state index contributed by atoms with van der Waals surface area (Å²) in [5.41, 5.74) is 12.6. The van der Waals surface area contributed by atoms with Crippen LogP contribution in [0.3, 0.4) is 0 Å². The first kappa shape index (κ1) is 26.1. The van der Waals surface area contributed by atoms with E-state index in [-0.39, 0.29) is 59.9 Å². The lowest BCUT2D eigenvalue weighted by atomic mass is 10.1. The van der Waals surface area contributed by atoms with Crippen LogP contribution in [0, 0.1) is 10.8 Å². The van der Waals surface area contributed by atoms with Gasteiger partial charge in [-0.15, -0.1) is 24.8 Å². The number of hydrogen-bond donors (Lipinski definition) is 6. The molecule has 11 heteroatoms. The van der Waals surface area contributed by atoms with Crippen LogP contribution in [0.15, 0.2) is 66.7 Å². The van der Waals surface area contributed by atoms with Crippen molar-refractivity contribution >= 4 is 59.9 Å². The van der Waals surface area contributed by atoms with E-state index in [0.29, 0.717) is 22.3 Å². The summed E-state index contributed by atoms with van der Waals surface area (Å²) in [4.78, 5) is 29.0. The van der Waals surface area contributed by atoms with Crippen molar-refractivity contribution < 1.29 is 9.59 Å². The van der Waals surface area contributed by atoms with Crippen LogP contribution in [0.4, 0.5) is 11.6 Å². The van der Waals surface area contributed by atoms with Gasteiger partial charge in [0.25, 0.3) is 11.8 Å². The zero-order chi connectivity index (χ0) is 21.7. The van der Waals surface area contributed by atoms with E-state index in [1.54, 1.807) is 66.7 Å². The third-order valence-electron chi connectivity index (χ3n) is 4.15. The van der Waals surface area contributed by atoms with Gasteiger partial charge in [-0.3, -0.25) is 20.4 Å². The van der Waals surface area contributed by atoms with Gasteiger partial charge in [-0.25, -0.2) is 4.98 Å². The number of nitrogens with zero attached hydrogens (tertiary/aromatic N) is 1. The van der Waals surface area contributed by atoms with Crippen molar-refractivity contribution in [3.05, 3.63) is 89.0 Å². The van der Waals surface area contributed by atoms with Gasteiger partial charge < -0.3 is 22.1 Å². The molecule has 2 aromatic carbocycles. The topological polar surface area (TPSA) is 171 Å². The molecule has 0 saturated carbocycles. The molecule has 3 aromatic rings. The van der Waals surface area contributed by atoms with E-state index in [9.17, 15) is 9.59 Å². The first-order valence-electron chi connectivity index (χ1n) is 8.82. The Balaban J connectivity index is 0.00000256. The number of benzene rings is 2. The summed E-state index contributed by atoms with van der Waals surface area (Å²) >= 11 is 0. The molecule has 0 fully saturated rings. The van der Waals surface area contributed by atoms with E-state index in [2.05, 4.69) is 15.6 Å². The molecule has 9 nitrogen and oxygen atoms in total. The van der Waals surface area contributed by atoms with E-state index in [0.717, 1.165) is 0 Å². The van der Waals surface area contributed by atoms with Crippen molar-refractivity contribution in [3.63, 3.8) is 0 Å². The number of carbonyl (C=O) groups is 2. The van der Waals surface area contributed by atoms with Gasteiger partial charge in [-0.1, -0.05) is 30.3 Å². The highest BCUT2D eigenvalue weighted by Gasteiger charge is 2.10. The third kappa shape index (κ3) is 6.53. The van der Waals surface area contributed by atoms with Crippen LogP contribution in [-0.4, -0.2) is 28.5 Å². The fraction of sp³-hybridized carbons (Fsp3) is 0. The number of nitrogen functional groups attached to an aromatic ring is 2. The molecular weight excluding hydrogens is 453 g/mol. The molecule has 0 spiro atoms. The van der Waals surface area contributed by atoms with E-state index in [1.807, 2.05) is 0 Å². The van der Waals surface area contributed by atoms with Gasteiger partial charge in [-0.2, -0.15) is 0 Å². The van der Waals surface area contributed by atoms with Crippen molar-refractivity contribution in [2.75, 3.05) is 10.6 Å². The highest BCUT2D eigenvalue weighted by atomic mass is 35.5. The molecule has 1 heterocycles. The highest BCUT2D eigenvalue weighted by Crippen LogP contribution is 2.13. The molecule has 0 radical (unpaired) electrons. The minimum absolute atomic E-state index is 0. The summed E-state index contributed by atoms with van der Waals surface area (Å²) in [6, 6.07) is 17.4. The molecule has 8 N–H and O–H groups in total. The summed E-state index contributed by atoms with van der Waals surface area (Å²) in [6.07, 6.45) is 0. The minimum atomic E-state index is -0.388. The Morgan fingerprint density at radius 2 is 0.938 bits per heavy atom. The fourth-order valence-electron chi connectivity index (χ4n) is 2.55. The number of pyridine rings is 1. The van der Waals surface area contributed by atoms with Gasteiger partial charge in [0.15, 0.2) is 0 Å². The number of halogens is 2. The monoisotopic (exact) mass is 473 g/mol. The van der Waals surface area contributed by atoms with Crippen molar-refractivity contribution in [1.29, 1.82) is 10.8 Å². The lowest BCUT2D eigenvalue weighted by Gasteiger charge is -2.09. The third-order valence-corrected chi connectivity index (χ3v) is 4.15. The Morgan fingerprint density at radius 3 is 1.25 bits per heavy atom. The number of nitrogens with two attached hydrogens (primary N) is 2. The molecule has 0 aliphatic carbocycles. The number of amides is 2. The molecule has 1 aromatic heterocycles. The second-order valence-corrected chi connectivity index (χ2v) is 6.30. The van der Waals surface area contributed by atoms with Crippen LogP contribution < -0.4 is 22.1 Å². The van der Waals surface area contributed by atoms with Crippen molar-refractivity contribution in [1.82, 2.24) is 4.98 Å². The van der Waals surface area contributed by atoms with Gasteiger partial charge in [0.2, 0.25) is 0 Å². The lowest BCUT2D eigenvalue weighted by molar-refractivity contribution is 0.101. The van der Waals surface area contributed by atoms with Crippen LogP contribution >= 0.6 is 24.8 Å². The van der Waals surface area contributed by atoms with Crippen molar-refractivity contribution in [2.45, 2.75) is 0 Å². The first-order valence-corrected chi connectivity index (χ1v) is 8.82. The second-order valence-electron chi connectivity index (χ2n) is 6.30. The molecular formula is C21H21Cl2N7O2. The maximum atomic E-state index is 12.4. The zero-order valence-electron chi connectivity index (χ0n) is 16.6. The molecule has 166 valence electrons. The molecule has 0 aliphatic rings. The van der Waals surface area contributed by atoms with Gasteiger partial charge in [0.1, 0.15) is 23.3 Å². The normalized spacial score (nSPS) is 9.50. The minimum Gasteiger partial charge on any atom is -0.384 e. The molecule has 0 bridgehead atoms. The Morgan fingerprint density at radius 1 is 0.625 bits per heavy atom. The van der Waals surface area contributed by atoms with Crippen LogP contribution in [0.5, 0.6) is 0 Å². The van der Waals surface area contributed by atoms with Gasteiger partial charge in [0, 0.05) is 22.3 Å². The number of aromatic nitrogens is 1. The summed E-state index contributed by atoms with van der Waals surface area (Å²) in [5, 5.41) is 20.1. The predicted molar refractivity (Wildman–Crippen MR) is 130 cm³/mol. The standard InChI is InChI=1S/C21H19N7O2.2ClH/c22-18(23)12-4-8-14(9-5-12)20(29)27-16-2-1-3-17(26-16)28-21(30)15-10-6-13(7-11-15)19(24)25;;/h1-11H,(H3,22,23)(H3,24,25)(H2,26,27,28,29,30);2*1H. The molecule has 32 heavy (non-hydrogen) atoms. The molecule has 0 atom stereocenters. The van der Waals surface area contributed by atoms with Crippen LogP contribution in [-0.2, 0) is 0 Å². The average Bonchev–Trinajstić information content (AvgIpc) is 2.74. The number of amidine groups is 2. The molecule has 2 amide bonds. The Kier molecular flexibility index (Phi) is 9.33. The van der Waals surface area contributed by atoms with Gasteiger partial charge >= 0.3 is 0 Å². The van der Waals surface area contributed by atoms with Gasteiger partial charge in [0.05, 0.1) is 0 Å². The SMILES string of the molecule is Cl.Cl.N=C(N)c1ccc(C(=O)Nc2cccc(NC(=O)c3ccc(C(=N)N)cc3)n2)cc1. The summed E-state index contributed by atoms with van der Waals surface area (Å²) in [5.74, 6) is -0.409. The quantitative estimate of drug-likeness (QED) is 0.238. The van der Waals surface area contributed by atoms with Crippen LogP contribution in [0.1, 0.15) is 31.8 Å². The van der Waals surface area contributed by atoms with Gasteiger partial charge in [-0.05, 0) is 36.4 Å². The van der Waals surface area contributed by atoms with E-state index >= 15 is 0 Å². The largest absolute Gasteiger partial charge is 0.384 e. The maximum Gasteiger partial charge on any atom is 0.256 e. The Labute approximate surface area is 196 Å². The smallest absolute Gasteiger partial charge is 0.256 e. The molecule has 0 saturated heterocycles. The summed E-state index contributed by atoms with van der Waals surface area (Å²) in [7, 11) is 0. The van der Waals surface area contributed by atoms with E-state index in [4.69, 9.17) is 22.3 Å². The highest BCUT2D eigenvalue weighted by molar-refractivity contribution is 6.06. The van der Waals surface area contributed by atoms with Crippen LogP contribution in [0.2, 0.25) is 0 Å². The zero-order valence-corrected chi connectivity index (χ0v) is 18.2. The van der Waals surface area contributed by atoms with E-state index in [1.165, 1.54) is 0 Å². The van der Waals surface area contributed by atoms with E-state index < -0.39 is 0 Å². The first-order chi connectivity index (χ1) is 14.3. The number of carbonyl (C=O) groups excluding carboxylic acids is 2. The summed E-state index contributed by atoms with van der Waals surface area (Å²) in [6.45, 7) is 0. The number of hydrogen-bond acceptors (Lipinski definition) is 5. The molecule has 3 rings (SSSR count). The molecule has 0 aliphatic heterocycles. The number of nitrogens with one attached hydrogen (secondary N) is 4. The number of anilines is 2. The lowest BCUT2D eigenvalue weighted by Crippen LogP contribution is -2.17. The molecule has 0 unspecified atom stereocenters. The average molecular weight is 474 g/mol. The summed E-state index contributed by atoms with van der Waals surface area (Å²) < 4.78 is 0. The maximum absolute atomic E-state index is 12.4. The Hall–Kier alpha value is -3.95. The van der Waals surface area contributed by atoms with Crippen molar-refractivity contribution in [2.24, 2.45) is 11.5 Å².